The van der Waals surface area contributed by atoms with Gasteiger partial charge in [0.25, 0.3) is 0 Å². The number of ether oxygens (including phenoxy) is 1. The maximum absolute atomic E-state index is 12.2. The third kappa shape index (κ3) is 4.66. The molecule has 0 spiro atoms. The van der Waals surface area contributed by atoms with Crippen molar-refractivity contribution in [3.63, 3.8) is 0 Å². The summed E-state index contributed by atoms with van der Waals surface area (Å²) in [6.45, 7) is 1.77. The number of hydrogen-bond donors (Lipinski definition) is 3. The summed E-state index contributed by atoms with van der Waals surface area (Å²) in [5.41, 5.74) is 1.74. The van der Waals surface area contributed by atoms with Crippen LogP contribution in [0.2, 0.25) is 5.02 Å². The largest absolute Gasteiger partial charge is 0.494 e. The van der Waals surface area contributed by atoms with E-state index >= 15 is 0 Å². The number of urea groups is 1. The van der Waals surface area contributed by atoms with Gasteiger partial charge in [-0.05, 0) is 24.3 Å². The first-order valence-electron chi connectivity index (χ1n) is 8.10. The molecule has 3 amide bonds. The van der Waals surface area contributed by atoms with E-state index in [0.717, 1.165) is 4.70 Å². The number of benzene rings is 2. The molecule has 0 aliphatic carbocycles. The summed E-state index contributed by atoms with van der Waals surface area (Å²) in [5.74, 6) is 0.381. The predicted molar refractivity (Wildman–Crippen MR) is 109 cm³/mol. The van der Waals surface area contributed by atoms with Gasteiger partial charge in [-0.3, -0.25) is 4.79 Å². The van der Waals surface area contributed by atoms with E-state index in [1.165, 1.54) is 18.4 Å². The van der Waals surface area contributed by atoms with Crippen molar-refractivity contribution in [3.05, 3.63) is 41.4 Å². The van der Waals surface area contributed by atoms with Gasteiger partial charge >= 0.3 is 6.03 Å². The third-order valence-corrected chi connectivity index (χ3v) is 4.74. The molecule has 0 saturated heterocycles. The Balaban J connectivity index is 1.81. The summed E-state index contributed by atoms with van der Waals surface area (Å²) in [6.07, 6.45) is 0.365. The number of hydrogen-bond acceptors (Lipinski definition) is 5. The van der Waals surface area contributed by atoms with Crippen LogP contribution >= 0.6 is 22.9 Å². The molecule has 0 atom stereocenters. The molecule has 7 nitrogen and oxygen atoms in total. The van der Waals surface area contributed by atoms with Gasteiger partial charge in [-0.2, -0.15) is 0 Å². The van der Waals surface area contributed by atoms with Crippen LogP contribution in [0.4, 0.5) is 21.3 Å². The van der Waals surface area contributed by atoms with Crippen molar-refractivity contribution in [3.8, 4) is 5.75 Å². The van der Waals surface area contributed by atoms with Crippen LogP contribution in [0.1, 0.15) is 13.3 Å². The Kier molecular flexibility index (Phi) is 5.78. The second-order valence-electron chi connectivity index (χ2n) is 5.54. The maximum atomic E-state index is 12.2. The van der Waals surface area contributed by atoms with E-state index in [1.807, 2.05) is 0 Å². The average molecular weight is 405 g/mol. The fraction of sp³-hybridized carbons (Fsp3) is 0.167. The van der Waals surface area contributed by atoms with Crippen molar-refractivity contribution in [2.75, 3.05) is 23.1 Å². The Morgan fingerprint density at radius 1 is 1.15 bits per heavy atom. The number of nitrogens with one attached hydrogen (secondary N) is 3. The third-order valence-electron chi connectivity index (χ3n) is 3.59. The number of anilines is 3. The molecule has 1 aromatic heterocycles. The Morgan fingerprint density at radius 2 is 1.93 bits per heavy atom. The van der Waals surface area contributed by atoms with Crippen LogP contribution in [-0.4, -0.2) is 24.0 Å². The minimum absolute atomic E-state index is 0.118. The summed E-state index contributed by atoms with van der Waals surface area (Å²) in [4.78, 5) is 28.2. The fourth-order valence-electron chi connectivity index (χ4n) is 2.35. The molecule has 140 valence electrons. The van der Waals surface area contributed by atoms with Crippen LogP contribution in [0.5, 0.6) is 5.75 Å². The van der Waals surface area contributed by atoms with E-state index < -0.39 is 6.03 Å². The molecule has 0 radical (unpaired) electrons. The zero-order valence-electron chi connectivity index (χ0n) is 14.6. The number of fused-ring (bicyclic) bond motifs is 1. The van der Waals surface area contributed by atoms with Gasteiger partial charge in [-0.1, -0.05) is 35.9 Å². The lowest BCUT2D eigenvalue weighted by atomic mass is 10.2. The first-order valence-corrected chi connectivity index (χ1v) is 9.30. The Labute approximate surface area is 164 Å². The molecule has 3 N–H and O–H groups in total. The molecular formula is C18H17ClN4O3S. The van der Waals surface area contributed by atoms with Gasteiger partial charge in [-0.25, -0.2) is 9.78 Å². The number of methoxy groups -OCH3 is 1. The quantitative estimate of drug-likeness (QED) is 0.560. The molecule has 0 fully saturated rings. The lowest BCUT2D eigenvalue weighted by Crippen LogP contribution is -2.19. The summed E-state index contributed by atoms with van der Waals surface area (Å²) in [5, 5.41) is 9.21. The molecule has 0 aliphatic heterocycles. The lowest BCUT2D eigenvalue weighted by molar-refractivity contribution is -0.115. The minimum Gasteiger partial charge on any atom is -0.494 e. The maximum Gasteiger partial charge on any atom is 0.323 e. The molecule has 1 heterocycles. The molecule has 0 aliphatic rings. The zero-order valence-corrected chi connectivity index (χ0v) is 16.2. The highest BCUT2D eigenvalue weighted by atomic mass is 35.5. The topological polar surface area (TPSA) is 92.3 Å². The van der Waals surface area contributed by atoms with E-state index in [-0.39, 0.29) is 5.91 Å². The number of halogens is 1. The number of nitrogens with zero attached hydrogens (tertiary/aromatic N) is 1. The van der Waals surface area contributed by atoms with Gasteiger partial charge in [-0.15, -0.1) is 0 Å². The van der Waals surface area contributed by atoms with Crippen LogP contribution in [0.15, 0.2) is 36.4 Å². The molecule has 3 rings (SSSR count). The van der Waals surface area contributed by atoms with Crippen molar-refractivity contribution in [1.29, 1.82) is 0 Å². The number of thiazole rings is 1. The average Bonchev–Trinajstić information content (AvgIpc) is 3.02. The summed E-state index contributed by atoms with van der Waals surface area (Å²) >= 11 is 7.22. The van der Waals surface area contributed by atoms with Crippen molar-refractivity contribution >= 4 is 61.6 Å². The van der Waals surface area contributed by atoms with Crippen LogP contribution in [-0.2, 0) is 4.79 Å². The van der Waals surface area contributed by atoms with Gasteiger partial charge < -0.3 is 20.7 Å². The van der Waals surface area contributed by atoms with E-state index in [9.17, 15) is 9.59 Å². The van der Waals surface area contributed by atoms with Crippen LogP contribution in [0, 0.1) is 0 Å². The normalized spacial score (nSPS) is 10.5. The van der Waals surface area contributed by atoms with Crippen LogP contribution < -0.4 is 20.7 Å². The first-order chi connectivity index (χ1) is 13.0. The molecule has 0 saturated carbocycles. The van der Waals surface area contributed by atoms with E-state index in [1.54, 1.807) is 43.3 Å². The summed E-state index contributed by atoms with van der Waals surface area (Å²) < 4.78 is 6.15. The van der Waals surface area contributed by atoms with E-state index in [4.69, 9.17) is 16.3 Å². The Bertz CT molecular complexity index is 1010. The van der Waals surface area contributed by atoms with Crippen LogP contribution in [0.3, 0.4) is 0 Å². The summed E-state index contributed by atoms with van der Waals surface area (Å²) in [6, 6.07) is 9.89. The minimum atomic E-state index is -0.414. The van der Waals surface area contributed by atoms with Crippen molar-refractivity contribution < 1.29 is 14.3 Å². The molecule has 0 bridgehead atoms. The van der Waals surface area contributed by atoms with E-state index in [2.05, 4.69) is 20.9 Å². The summed E-state index contributed by atoms with van der Waals surface area (Å²) in [7, 11) is 1.52. The van der Waals surface area contributed by atoms with Gasteiger partial charge in [0.1, 0.15) is 11.3 Å². The van der Waals surface area contributed by atoms with E-state index in [0.29, 0.717) is 39.2 Å². The van der Waals surface area contributed by atoms with Crippen molar-refractivity contribution in [2.24, 2.45) is 0 Å². The fourth-order valence-corrected chi connectivity index (χ4v) is 3.48. The van der Waals surface area contributed by atoms with Gasteiger partial charge in [0.2, 0.25) is 5.91 Å². The second-order valence-corrected chi connectivity index (χ2v) is 7.00. The molecule has 2 aromatic carbocycles. The number of amides is 3. The SMILES string of the molecule is CCC(=O)Nc1nc2c(OC)cc(NC(=O)Nc3cccc(Cl)c3)cc2s1. The van der Waals surface area contributed by atoms with Gasteiger partial charge in [0, 0.05) is 28.9 Å². The molecule has 3 aromatic rings. The van der Waals surface area contributed by atoms with Crippen molar-refractivity contribution in [2.45, 2.75) is 13.3 Å². The molecule has 9 heteroatoms. The molecule has 0 unspecified atom stereocenters. The molecular weight excluding hydrogens is 388 g/mol. The number of carbonyl (C=O) groups is 2. The lowest BCUT2D eigenvalue weighted by Gasteiger charge is -2.09. The van der Waals surface area contributed by atoms with Crippen molar-refractivity contribution in [1.82, 2.24) is 4.98 Å². The molecule has 27 heavy (non-hydrogen) atoms. The Morgan fingerprint density at radius 3 is 2.63 bits per heavy atom. The predicted octanol–water partition coefficient (Wildman–Crippen LogP) is 4.95. The van der Waals surface area contributed by atoms with Gasteiger partial charge in [0.05, 0.1) is 11.8 Å². The monoisotopic (exact) mass is 404 g/mol. The van der Waals surface area contributed by atoms with Gasteiger partial charge in [0.15, 0.2) is 5.13 Å². The Hall–Kier alpha value is -2.84. The van der Waals surface area contributed by atoms with Crippen LogP contribution in [0.25, 0.3) is 10.2 Å². The first kappa shape index (κ1) is 18.9. The second kappa shape index (κ2) is 8.24. The zero-order chi connectivity index (χ0) is 19.4. The number of aromatic nitrogens is 1. The highest BCUT2D eigenvalue weighted by Gasteiger charge is 2.14. The highest BCUT2D eigenvalue weighted by molar-refractivity contribution is 7.22. The number of carbonyl (C=O) groups excluding carboxylic acids is 2. The standard InChI is InChI=1S/C18H17ClN4O3S/c1-3-15(24)22-18-23-16-13(26-2)8-12(9-14(16)27-18)21-17(25)20-11-6-4-5-10(19)7-11/h4-9H,3H2,1-2H3,(H2,20,21,25)(H,22,23,24). The smallest absolute Gasteiger partial charge is 0.323 e. The number of rotatable bonds is 5. The highest BCUT2D eigenvalue weighted by Crippen LogP contribution is 2.35.